The highest BCUT2D eigenvalue weighted by molar-refractivity contribution is 7.47. The summed E-state index contributed by atoms with van der Waals surface area (Å²) in [5.74, 6) is -0.435. The highest BCUT2D eigenvalue weighted by Crippen LogP contribution is 2.49. The fourth-order valence-electron chi connectivity index (χ4n) is 12.0. The molecule has 25 nitrogen and oxygen atoms in total. The third-order valence-electron chi connectivity index (χ3n) is 17.8. The van der Waals surface area contributed by atoms with E-state index in [4.69, 9.17) is 27.6 Å². The van der Waals surface area contributed by atoms with Gasteiger partial charge >= 0.3 is 15.6 Å². The van der Waals surface area contributed by atoms with Crippen molar-refractivity contribution < 1.29 is 118 Å². The van der Waals surface area contributed by atoms with Gasteiger partial charge in [-0.2, -0.15) is 0 Å². The molecule has 3 fully saturated rings. The van der Waals surface area contributed by atoms with Gasteiger partial charge in [-0.15, -0.1) is 0 Å². The van der Waals surface area contributed by atoms with Gasteiger partial charge in [0.25, 0.3) is 0 Å². The Morgan fingerprint density at radius 2 is 0.719 bits per heavy atom. The maximum Gasteiger partial charge on any atom is 0.472 e. The lowest BCUT2D eigenvalue weighted by atomic mass is 9.84. The summed E-state index contributed by atoms with van der Waals surface area (Å²) in [6, 6.07) is -1.24. The second-order valence-corrected chi connectivity index (χ2v) is 28.3. The van der Waals surface area contributed by atoms with Crippen molar-refractivity contribution in [2.24, 2.45) is 0 Å². The molecule has 3 aliphatic rings. The van der Waals surface area contributed by atoms with E-state index in [0.717, 1.165) is 57.8 Å². The molecule has 1 amide bonds. The van der Waals surface area contributed by atoms with E-state index in [0.29, 0.717) is 12.8 Å². The maximum atomic E-state index is 13.8. The molecule has 0 spiro atoms. The van der Waals surface area contributed by atoms with Crippen LogP contribution >= 0.6 is 15.6 Å². The van der Waals surface area contributed by atoms with E-state index in [2.05, 4.69) is 19.2 Å². The molecule has 0 aromatic carbocycles. The molecule has 1 heterocycles. The number of nitrogens with one attached hydrogen (secondary N) is 1. The van der Waals surface area contributed by atoms with Crippen molar-refractivity contribution in [2.45, 2.75) is 374 Å². The Morgan fingerprint density at radius 1 is 0.404 bits per heavy atom. The molecule has 528 valence electrons. The van der Waals surface area contributed by atoms with Crippen molar-refractivity contribution >= 4 is 21.6 Å². The number of unbranched alkanes of at least 4 members (excludes halogenated alkanes) is 34. The predicted octanol–water partition coefficient (Wildman–Crippen LogP) is 6.17. The highest BCUT2D eigenvalue weighted by Gasteiger charge is 2.56. The van der Waals surface area contributed by atoms with Gasteiger partial charge in [0, 0.05) is 6.42 Å². The molecule has 16 N–H and O–H groups in total. The van der Waals surface area contributed by atoms with Crippen molar-refractivity contribution in [1.29, 1.82) is 0 Å². The zero-order valence-corrected chi connectivity index (χ0v) is 55.3. The zero-order valence-electron chi connectivity index (χ0n) is 53.5. The summed E-state index contributed by atoms with van der Waals surface area (Å²) in [5.41, 5.74) is 0. The summed E-state index contributed by atoms with van der Waals surface area (Å²) in [6.07, 6.45) is 3.72. The van der Waals surface area contributed by atoms with E-state index in [9.17, 15) is 90.1 Å². The monoisotopic (exact) mass is 1330 g/mol. The number of phosphoric acid groups is 2. The number of hydrogen-bond donors (Lipinski definition) is 16. The average molecular weight is 1330 g/mol. The maximum absolute atomic E-state index is 13.8. The Balaban J connectivity index is 1.56. The van der Waals surface area contributed by atoms with Crippen LogP contribution < -0.4 is 5.32 Å². The normalized spacial score (nSPS) is 31.3. The van der Waals surface area contributed by atoms with Crippen molar-refractivity contribution in [3.63, 3.8) is 0 Å². The van der Waals surface area contributed by atoms with Crippen LogP contribution in [-0.2, 0) is 41.5 Å². The Morgan fingerprint density at radius 3 is 1.12 bits per heavy atom. The van der Waals surface area contributed by atoms with Crippen LogP contribution in [0.15, 0.2) is 0 Å². The van der Waals surface area contributed by atoms with E-state index < -0.39 is 151 Å². The number of carbonyl (C=O) groups is 1. The minimum atomic E-state index is -5.51. The Kier molecular flexibility index (Phi) is 42.8. The Labute approximate surface area is 529 Å². The Hall–Kier alpha value is -0.910. The number of rotatable bonds is 52. The second kappa shape index (κ2) is 46.3. The van der Waals surface area contributed by atoms with Crippen LogP contribution in [0.3, 0.4) is 0 Å². The fourth-order valence-corrected chi connectivity index (χ4v) is 13.9. The molecule has 27 heteroatoms. The molecular weight excluding hydrogens is 1200 g/mol. The summed E-state index contributed by atoms with van der Waals surface area (Å²) >= 11 is 0. The molecule has 21 atom stereocenters. The number of amides is 1. The lowest BCUT2D eigenvalue weighted by molar-refractivity contribution is -0.337. The van der Waals surface area contributed by atoms with Gasteiger partial charge in [0.2, 0.25) is 5.91 Å². The first kappa shape index (κ1) is 82.3. The molecule has 89 heavy (non-hydrogen) atoms. The average Bonchev–Trinajstić information content (AvgIpc) is 2.36. The first-order chi connectivity index (χ1) is 42.5. The molecular formula is C62H121NO24P2. The highest BCUT2D eigenvalue weighted by atomic mass is 31.2. The zero-order chi connectivity index (χ0) is 65.8. The van der Waals surface area contributed by atoms with E-state index >= 15 is 0 Å². The van der Waals surface area contributed by atoms with E-state index in [1.54, 1.807) is 0 Å². The van der Waals surface area contributed by atoms with Crippen LogP contribution in [0.25, 0.3) is 0 Å². The van der Waals surface area contributed by atoms with Crippen molar-refractivity contribution in [1.82, 2.24) is 5.32 Å². The number of aliphatic hydroxyl groups excluding tert-OH is 13. The topological polar surface area (TPSA) is 422 Å². The molecule has 2 aliphatic carbocycles. The first-order valence-electron chi connectivity index (χ1n) is 34.2. The largest absolute Gasteiger partial charge is 0.472 e. The summed E-state index contributed by atoms with van der Waals surface area (Å²) in [4.78, 5) is 35.0. The van der Waals surface area contributed by atoms with Crippen molar-refractivity contribution in [3.8, 4) is 0 Å². The number of phosphoric ester groups is 2. The number of ether oxygens (including phenoxy) is 2. The predicted molar refractivity (Wildman–Crippen MR) is 332 cm³/mol. The van der Waals surface area contributed by atoms with Gasteiger partial charge in [0.1, 0.15) is 97.7 Å². The van der Waals surface area contributed by atoms with Gasteiger partial charge in [-0.1, -0.05) is 239 Å². The van der Waals surface area contributed by atoms with Crippen molar-refractivity contribution in [3.05, 3.63) is 0 Å². The fraction of sp³-hybridized carbons (Fsp3) is 0.984. The number of carbonyl (C=O) groups excluding carboxylic acids is 1. The lowest BCUT2D eigenvalue weighted by Gasteiger charge is -2.47. The molecule has 0 bridgehead atoms. The van der Waals surface area contributed by atoms with E-state index in [1.807, 2.05) is 0 Å². The quantitative estimate of drug-likeness (QED) is 0.0239. The van der Waals surface area contributed by atoms with Crippen LogP contribution in [0.2, 0.25) is 0 Å². The van der Waals surface area contributed by atoms with E-state index in [1.165, 1.54) is 161 Å². The summed E-state index contributed by atoms with van der Waals surface area (Å²) in [6.45, 7) is 2.43. The first-order valence-corrected chi connectivity index (χ1v) is 37.2. The van der Waals surface area contributed by atoms with Crippen LogP contribution in [0, 0.1) is 0 Å². The molecule has 1 aliphatic heterocycles. The molecule has 13 unspecified atom stereocenters. The van der Waals surface area contributed by atoms with Gasteiger partial charge < -0.3 is 91.0 Å². The van der Waals surface area contributed by atoms with Gasteiger partial charge in [-0.05, 0) is 12.8 Å². The van der Waals surface area contributed by atoms with Gasteiger partial charge in [0.05, 0.1) is 25.4 Å². The van der Waals surface area contributed by atoms with E-state index in [-0.39, 0.29) is 12.8 Å². The second-order valence-electron chi connectivity index (χ2n) is 25.5. The van der Waals surface area contributed by atoms with Crippen LogP contribution in [0.4, 0.5) is 0 Å². The number of aliphatic hydroxyl groups is 13. The third-order valence-corrected chi connectivity index (χ3v) is 19.8. The molecule has 0 aromatic heterocycles. The molecule has 3 rings (SSSR count). The molecule has 1 saturated heterocycles. The summed E-state index contributed by atoms with van der Waals surface area (Å²) in [7, 11) is -11.0. The smallest absolute Gasteiger partial charge is 0.391 e. The van der Waals surface area contributed by atoms with Gasteiger partial charge in [-0.3, -0.25) is 22.9 Å². The Bertz CT molecular complexity index is 1890. The van der Waals surface area contributed by atoms with Gasteiger partial charge in [0.15, 0.2) is 6.29 Å². The standard InChI is InChI=1S/C62H121NO24P2/c1-3-5-7-9-11-13-15-17-19-20-21-22-23-24-26-28-30-32-34-36-38-40-46(65)63-43(44(64)39-37-35-33-31-29-27-25-18-16-14-12-10-8-6-4-2)41-82-88(78,79)87-61-57(76)53(72)52(71)56(75)60(61)85-62-58(77)48(67)47(66)45(84-62)42-83-89(80,81)86-59-54(73)50(69)49(68)51(70)55(59)74/h43-45,47-62,64,66-77H,3-42H2,1-2H3,(H,63,65)(H,78,79)(H,80,81)/t43-,44+,45+,47+,48?,49?,50+,51?,52?,53?,54?,55?,56+,57?,58?,59?,60?,61-,62+/m0/s1. The van der Waals surface area contributed by atoms with Crippen LogP contribution in [-0.4, -0.2) is 211 Å². The van der Waals surface area contributed by atoms with Crippen LogP contribution in [0.1, 0.15) is 258 Å². The molecule has 2 saturated carbocycles. The molecule has 0 aromatic rings. The minimum absolute atomic E-state index is 0.108. The number of hydrogen-bond acceptors (Lipinski definition) is 22. The summed E-state index contributed by atoms with van der Waals surface area (Å²) < 4.78 is 58.0. The van der Waals surface area contributed by atoms with Crippen LogP contribution in [0.5, 0.6) is 0 Å². The SMILES string of the molecule is CCCCCCCCCCCCCCCCCCCCCCCC(=O)N[C@@H](COP(=O)(O)O[C@H]1C(O)C(O)C(O)[C@@H](O)C1O[C@H]1O[C@H](COP(=O)(O)OC2C(O)C(O)C(O)[C@@H](O)C2O)[C@@H](O)C(O)C1O)[C@H](O)CCCCCCCCCCCCCCCCC. The minimum Gasteiger partial charge on any atom is -0.391 e. The molecule has 0 radical (unpaired) electrons. The lowest BCUT2D eigenvalue weighted by Crippen LogP contribution is -2.67. The van der Waals surface area contributed by atoms with Crippen molar-refractivity contribution in [2.75, 3.05) is 13.2 Å². The van der Waals surface area contributed by atoms with Gasteiger partial charge in [-0.25, -0.2) is 9.13 Å². The third kappa shape index (κ3) is 31.7. The summed E-state index contributed by atoms with van der Waals surface area (Å²) in [5, 5.41) is 141.